The van der Waals surface area contributed by atoms with Gasteiger partial charge in [-0.1, -0.05) is 24.1 Å². The van der Waals surface area contributed by atoms with Gasteiger partial charge in [0.1, 0.15) is 24.8 Å². The standard InChI is InChI=1S/C19H18FNO2/c1-3-13-23-21-19(4-2)16-7-11-18(12-8-16)22-14-15-5-9-17(20)10-6-15/h1,4-12,21H,13-14H2,2H3. The molecule has 23 heavy (non-hydrogen) atoms. The zero-order valence-electron chi connectivity index (χ0n) is 12.9. The van der Waals surface area contributed by atoms with Crippen LogP contribution in [0.4, 0.5) is 4.39 Å². The van der Waals surface area contributed by atoms with Crippen molar-refractivity contribution in [3.05, 3.63) is 71.6 Å². The fourth-order valence-corrected chi connectivity index (χ4v) is 1.92. The van der Waals surface area contributed by atoms with Crippen molar-refractivity contribution in [2.75, 3.05) is 6.61 Å². The van der Waals surface area contributed by atoms with Crippen LogP contribution in [0.15, 0.2) is 54.6 Å². The van der Waals surface area contributed by atoms with Crippen LogP contribution in [0.3, 0.4) is 0 Å². The van der Waals surface area contributed by atoms with Gasteiger partial charge in [0.25, 0.3) is 0 Å². The van der Waals surface area contributed by atoms with Crippen LogP contribution in [-0.2, 0) is 11.4 Å². The normalized spacial score (nSPS) is 10.9. The molecule has 1 N–H and O–H groups in total. The summed E-state index contributed by atoms with van der Waals surface area (Å²) < 4.78 is 18.5. The minimum absolute atomic E-state index is 0.191. The third kappa shape index (κ3) is 5.17. The second-order valence-electron chi connectivity index (χ2n) is 4.74. The Morgan fingerprint density at radius 3 is 2.48 bits per heavy atom. The molecule has 0 heterocycles. The van der Waals surface area contributed by atoms with Gasteiger partial charge < -0.3 is 4.74 Å². The van der Waals surface area contributed by atoms with Crippen LogP contribution in [0.5, 0.6) is 5.75 Å². The maximum atomic E-state index is 12.8. The summed E-state index contributed by atoms with van der Waals surface area (Å²) in [6, 6.07) is 13.8. The maximum absolute atomic E-state index is 12.8. The predicted octanol–water partition coefficient (Wildman–Crippen LogP) is 3.92. The number of rotatable bonds is 7. The molecule has 0 aliphatic heterocycles. The Kier molecular flexibility index (Phi) is 6.22. The van der Waals surface area contributed by atoms with Crippen molar-refractivity contribution in [3.8, 4) is 18.1 Å². The first-order chi connectivity index (χ1) is 11.2. The molecular formula is C19H18FNO2. The second-order valence-corrected chi connectivity index (χ2v) is 4.74. The van der Waals surface area contributed by atoms with Gasteiger partial charge in [0.2, 0.25) is 0 Å². The maximum Gasteiger partial charge on any atom is 0.135 e. The van der Waals surface area contributed by atoms with E-state index in [2.05, 4.69) is 11.4 Å². The third-order valence-corrected chi connectivity index (χ3v) is 3.11. The van der Waals surface area contributed by atoms with Crippen LogP contribution in [0.1, 0.15) is 18.1 Å². The van der Waals surface area contributed by atoms with Gasteiger partial charge in [-0.05, 0) is 54.4 Å². The quantitative estimate of drug-likeness (QED) is 0.477. The van der Waals surface area contributed by atoms with E-state index in [1.54, 1.807) is 12.1 Å². The van der Waals surface area contributed by atoms with E-state index >= 15 is 0 Å². The van der Waals surface area contributed by atoms with Crippen LogP contribution in [-0.4, -0.2) is 6.61 Å². The molecule has 0 saturated carbocycles. The Balaban J connectivity index is 1.93. The summed E-state index contributed by atoms with van der Waals surface area (Å²) in [6.45, 7) is 2.48. The van der Waals surface area contributed by atoms with Crippen LogP contribution < -0.4 is 10.2 Å². The van der Waals surface area contributed by atoms with Gasteiger partial charge >= 0.3 is 0 Å². The minimum Gasteiger partial charge on any atom is -0.489 e. The van der Waals surface area contributed by atoms with Crippen LogP contribution in [0.25, 0.3) is 5.70 Å². The van der Waals surface area contributed by atoms with Crippen molar-refractivity contribution in [3.63, 3.8) is 0 Å². The van der Waals surface area contributed by atoms with Gasteiger partial charge in [-0.25, -0.2) is 4.39 Å². The smallest absolute Gasteiger partial charge is 0.135 e. The van der Waals surface area contributed by atoms with Crippen LogP contribution >= 0.6 is 0 Å². The number of hydroxylamine groups is 1. The van der Waals surface area contributed by atoms with E-state index in [9.17, 15) is 4.39 Å². The lowest BCUT2D eigenvalue weighted by Crippen LogP contribution is -2.13. The molecule has 0 radical (unpaired) electrons. The molecule has 0 saturated heterocycles. The molecular weight excluding hydrogens is 293 g/mol. The highest BCUT2D eigenvalue weighted by molar-refractivity contribution is 5.63. The summed E-state index contributed by atoms with van der Waals surface area (Å²) >= 11 is 0. The van der Waals surface area contributed by atoms with Crippen LogP contribution in [0.2, 0.25) is 0 Å². The fourth-order valence-electron chi connectivity index (χ4n) is 1.92. The van der Waals surface area contributed by atoms with Crippen LogP contribution in [0, 0.1) is 18.2 Å². The lowest BCUT2D eigenvalue weighted by Gasteiger charge is -2.11. The molecule has 0 aromatic heterocycles. The van der Waals surface area contributed by atoms with E-state index < -0.39 is 0 Å². The molecule has 0 unspecified atom stereocenters. The van der Waals surface area contributed by atoms with E-state index in [0.29, 0.717) is 6.61 Å². The molecule has 2 aromatic carbocycles. The Morgan fingerprint density at radius 2 is 1.87 bits per heavy atom. The second kappa shape index (κ2) is 8.62. The SMILES string of the molecule is C#CCONC(=CC)c1ccc(OCc2ccc(F)cc2)cc1. The summed E-state index contributed by atoms with van der Waals surface area (Å²) in [5.74, 6) is 2.87. The largest absolute Gasteiger partial charge is 0.489 e. The molecule has 0 amide bonds. The number of halogens is 1. The Morgan fingerprint density at radius 1 is 1.17 bits per heavy atom. The van der Waals surface area contributed by atoms with Crippen molar-refractivity contribution in [1.82, 2.24) is 5.48 Å². The Labute approximate surface area is 135 Å². The minimum atomic E-state index is -0.253. The predicted molar refractivity (Wildman–Crippen MR) is 88.7 cm³/mol. The molecule has 3 nitrogen and oxygen atoms in total. The van der Waals surface area contributed by atoms with Crippen molar-refractivity contribution in [1.29, 1.82) is 0 Å². The van der Waals surface area contributed by atoms with E-state index in [0.717, 1.165) is 22.6 Å². The number of benzene rings is 2. The average molecular weight is 311 g/mol. The highest BCUT2D eigenvalue weighted by Gasteiger charge is 2.02. The molecule has 2 aromatic rings. The Bertz CT molecular complexity index is 685. The number of hydrogen-bond acceptors (Lipinski definition) is 3. The number of allylic oxidation sites excluding steroid dienone is 1. The first kappa shape index (κ1) is 16.6. The van der Waals surface area contributed by atoms with E-state index in [1.165, 1.54) is 12.1 Å². The van der Waals surface area contributed by atoms with E-state index in [4.69, 9.17) is 16.0 Å². The lowest BCUT2D eigenvalue weighted by atomic mass is 10.1. The molecule has 0 aliphatic carbocycles. The lowest BCUT2D eigenvalue weighted by molar-refractivity contribution is 0.107. The van der Waals surface area contributed by atoms with Gasteiger partial charge in [0, 0.05) is 0 Å². The van der Waals surface area contributed by atoms with Gasteiger partial charge in [-0.15, -0.1) is 6.42 Å². The molecule has 0 bridgehead atoms. The highest BCUT2D eigenvalue weighted by Crippen LogP contribution is 2.18. The zero-order chi connectivity index (χ0) is 16.5. The summed E-state index contributed by atoms with van der Waals surface area (Å²) in [4.78, 5) is 5.12. The van der Waals surface area contributed by atoms with Gasteiger partial charge in [0.15, 0.2) is 0 Å². The monoisotopic (exact) mass is 311 g/mol. The van der Waals surface area contributed by atoms with Gasteiger partial charge in [-0.2, -0.15) is 0 Å². The highest BCUT2D eigenvalue weighted by atomic mass is 19.1. The molecule has 118 valence electrons. The summed E-state index contributed by atoms with van der Waals surface area (Å²) in [5, 5.41) is 0. The topological polar surface area (TPSA) is 30.5 Å². The average Bonchev–Trinajstić information content (AvgIpc) is 2.59. The number of hydrogen-bond donors (Lipinski definition) is 1. The fraction of sp³-hybridized carbons (Fsp3) is 0.158. The number of nitrogens with one attached hydrogen (secondary N) is 1. The third-order valence-electron chi connectivity index (χ3n) is 3.11. The zero-order valence-corrected chi connectivity index (χ0v) is 12.9. The molecule has 0 fully saturated rings. The first-order valence-electron chi connectivity index (χ1n) is 7.18. The number of terminal acetylenes is 1. The van der Waals surface area contributed by atoms with Crippen molar-refractivity contribution >= 4 is 5.70 Å². The molecule has 4 heteroatoms. The molecule has 0 aliphatic rings. The molecule has 0 spiro atoms. The van der Waals surface area contributed by atoms with Crippen molar-refractivity contribution < 1.29 is 14.0 Å². The summed E-state index contributed by atoms with van der Waals surface area (Å²) in [5.41, 5.74) is 5.50. The van der Waals surface area contributed by atoms with Gasteiger partial charge in [-0.3, -0.25) is 10.3 Å². The Hall–Kier alpha value is -2.77. The van der Waals surface area contributed by atoms with Crippen molar-refractivity contribution in [2.24, 2.45) is 0 Å². The van der Waals surface area contributed by atoms with E-state index in [1.807, 2.05) is 37.3 Å². The molecule has 0 atom stereocenters. The molecule has 2 rings (SSSR count). The number of ether oxygens (including phenoxy) is 1. The summed E-state index contributed by atoms with van der Waals surface area (Å²) in [6.07, 6.45) is 7.03. The van der Waals surface area contributed by atoms with Crippen molar-refractivity contribution in [2.45, 2.75) is 13.5 Å². The first-order valence-corrected chi connectivity index (χ1v) is 7.18. The summed E-state index contributed by atoms with van der Waals surface area (Å²) in [7, 11) is 0. The van der Waals surface area contributed by atoms with Gasteiger partial charge in [0.05, 0.1) is 5.70 Å². The van der Waals surface area contributed by atoms with E-state index in [-0.39, 0.29) is 12.4 Å².